The summed E-state index contributed by atoms with van der Waals surface area (Å²) in [6.45, 7) is 2.41. The number of hydrogen-bond donors (Lipinski definition) is 0. The Hall–Kier alpha value is -1.33. The van der Waals surface area contributed by atoms with Gasteiger partial charge in [0.05, 0.1) is 13.7 Å². The molecular formula is C14H25B4NO5. The SMILES string of the molecule is BC1(B)CC2CN(C(=O)OC)C(C(=O)OCC)CC2C(B)(B)C1=O. The van der Waals surface area contributed by atoms with Gasteiger partial charge in [0.1, 0.15) is 43.2 Å². The maximum absolute atomic E-state index is 12.9. The van der Waals surface area contributed by atoms with Crippen LogP contribution in [0.25, 0.3) is 0 Å². The first-order valence-corrected chi connectivity index (χ1v) is 8.62. The molecule has 128 valence electrons. The Bertz CT molecular complexity index is 553. The quantitative estimate of drug-likeness (QED) is 0.409. The lowest BCUT2D eigenvalue weighted by Crippen LogP contribution is -2.60. The molecule has 2 aliphatic rings. The summed E-state index contributed by atoms with van der Waals surface area (Å²) in [5.74, 6) is 0.0191. The zero-order chi connectivity index (χ0) is 18.3. The molecule has 1 saturated carbocycles. The van der Waals surface area contributed by atoms with E-state index in [4.69, 9.17) is 9.47 Å². The van der Waals surface area contributed by atoms with E-state index in [1.807, 2.05) is 31.4 Å². The van der Waals surface area contributed by atoms with Crippen LogP contribution in [-0.2, 0) is 19.1 Å². The second-order valence-corrected chi connectivity index (χ2v) is 8.13. The summed E-state index contributed by atoms with van der Waals surface area (Å²) in [6.07, 6.45) is 0.634. The van der Waals surface area contributed by atoms with Gasteiger partial charge in [0.15, 0.2) is 0 Å². The molecule has 2 rings (SSSR count). The van der Waals surface area contributed by atoms with Crippen LogP contribution in [0.3, 0.4) is 0 Å². The Morgan fingerprint density at radius 2 is 1.92 bits per heavy atom. The van der Waals surface area contributed by atoms with E-state index < -0.39 is 28.5 Å². The molecular weight excluding hydrogens is 305 g/mol. The number of esters is 1. The van der Waals surface area contributed by atoms with Crippen LogP contribution in [0.4, 0.5) is 4.79 Å². The maximum atomic E-state index is 12.9. The molecule has 0 bridgehead atoms. The molecule has 2 fully saturated rings. The fraction of sp³-hybridized carbons (Fsp3) is 0.786. The van der Waals surface area contributed by atoms with E-state index in [-0.39, 0.29) is 24.2 Å². The standard InChI is InChI=1S/C14H25B4NO5/c1-3-24-10(20)9-4-8-7(6-19(9)12(22)23-2)5-13(15,16)11(21)14(8,17)18/h7-9H,3-6,15-18H2,1-2H3. The van der Waals surface area contributed by atoms with Gasteiger partial charge in [0.25, 0.3) is 0 Å². The van der Waals surface area contributed by atoms with Crippen molar-refractivity contribution in [2.24, 2.45) is 11.8 Å². The van der Waals surface area contributed by atoms with Gasteiger partial charge in [-0.15, -0.1) is 0 Å². The number of methoxy groups -OCH3 is 1. The number of fused-ring (bicyclic) bond motifs is 1. The largest absolute Gasteiger partial charge is 0.464 e. The molecule has 0 aromatic heterocycles. The van der Waals surface area contributed by atoms with Gasteiger partial charge in [0, 0.05) is 6.54 Å². The minimum absolute atomic E-state index is 0.0494. The van der Waals surface area contributed by atoms with Crippen LogP contribution in [0, 0.1) is 11.8 Å². The molecule has 0 N–H and O–H groups in total. The van der Waals surface area contributed by atoms with E-state index in [1.54, 1.807) is 6.92 Å². The predicted molar refractivity (Wildman–Crippen MR) is 100 cm³/mol. The summed E-state index contributed by atoms with van der Waals surface area (Å²) in [4.78, 5) is 38.9. The van der Waals surface area contributed by atoms with Crippen LogP contribution in [0.1, 0.15) is 19.8 Å². The number of carbonyl (C=O) groups excluding carboxylic acids is 3. The zero-order valence-electron chi connectivity index (χ0n) is 15.5. The number of likely N-dealkylation sites (tertiary alicyclic amines) is 1. The Kier molecular flexibility index (Phi) is 5.17. The Morgan fingerprint density at radius 1 is 1.29 bits per heavy atom. The minimum atomic E-state index is -0.688. The number of ketones is 1. The van der Waals surface area contributed by atoms with E-state index in [2.05, 4.69) is 0 Å². The van der Waals surface area contributed by atoms with Crippen LogP contribution >= 0.6 is 0 Å². The lowest BCUT2D eigenvalue weighted by Gasteiger charge is -2.55. The van der Waals surface area contributed by atoms with Gasteiger partial charge in [-0.3, -0.25) is 4.90 Å². The molecule has 1 aliphatic carbocycles. The first-order valence-electron chi connectivity index (χ1n) is 8.62. The van der Waals surface area contributed by atoms with Crippen molar-refractivity contribution in [2.45, 2.75) is 36.2 Å². The molecule has 1 saturated heterocycles. The summed E-state index contributed by atoms with van der Waals surface area (Å²) >= 11 is 0. The molecule has 24 heavy (non-hydrogen) atoms. The number of nitrogens with zero attached hydrogens (tertiary/aromatic N) is 1. The average Bonchev–Trinajstić information content (AvgIpc) is 2.51. The third kappa shape index (κ3) is 3.11. The van der Waals surface area contributed by atoms with Crippen molar-refractivity contribution in [2.75, 3.05) is 20.3 Å². The Balaban J connectivity index is 2.36. The summed E-state index contributed by atoms with van der Waals surface area (Å²) in [7, 11) is 9.17. The summed E-state index contributed by atoms with van der Waals surface area (Å²) < 4.78 is 10.0. The van der Waals surface area contributed by atoms with Crippen molar-refractivity contribution in [3.05, 3.63) is 0 Å². The van der Waals surface area contributed by atoms with E-state index in [9.17, 15) is 14.4 Å². The first kappa shape index (κ1) is 19.0. The smallest absolute Gasteiger partial charge is 0.410 e. The number of hydrogen-bond acceptors (Lipinski definition) is 5. The van der Waals surface area contributed by atoms with Crippen LogP contribution < -0.4 is 0 Å². The topological polar surface area (TPSA) is 72.9 Å². The number of piperidine rings is 1. The highest BCUT2D eigenvalue weighted by Crippen LogP contribution is 2.55. The van der Waals surface area contributed by atoms with Crippen molar-refractivity contribution in [1.82, 2.24) is 4.90 Å². The Labute approximate surface area is 147 Å². The Morgan fingerprint density at radius 3 is 2.46 bits per heavy atom. The van der Waals surface area contributed by atoms with Crippen molar-refractivity contribution < 1.29 is 23.9 Å². The highest BCUT2D eigenvalue weighted by atomic mass is 16.6. The van der Waals surface area contributed by atoms with E-state index in [0.717, 1.165) is 0 Å². The summed E-state index contributed by atoms with van der Waals surface area (Å²) in [5, 5.41) is -0.956. The third-order valence-electron chi connectivity index (χ3n) is 5.72. The monoisotopic (exact) mass is 331 g/mol. The molecule has 6 nitrogen and oxygen atoms in total. The number of carbonyl (C=O) groups is 3. The molecule has 10 heteroatoms. The van der Waals surface area contributed by atoms with E-state index in [0.29, 0.717) is 19.4 Å². The molecule has 0 aromatic rings. The second-order valence-electron chi connectivity index (χ2n) is 8.13. The summed E-state index contributed by atoms with van der Waals surface area (Å²) in [5.41, 5.74) is 0. The molecule has 0 spiro atoms. The molecule has 1 amide bonds. The van der Waals surface area contributed by atoms with Crippen molar-refractivity contribution in [3.8, 4) is 0 Å². The second kappa shape index (κ2) is 6.52. The zero-order valence-corrected chi connectivity index (χ0v) is 15.5. The van der Waals surface area contributed by atoms with Gasteiger partial charge in [0.2, 0.25) is 0 Å². The van der Waals surface area contributed by atoms with Gasteiger partial charge < -0.3 is 14.3 Å². The molecule has 3 unspecified atom stereocenters. The van der Waals surface area contributed by atoms with E-state index in [1.165, 1.54) is 12.0 Å². The lowest BCUT2D eigenvalue weighted by atomic mass is 9.30. The van der Waals surface area contributed by atoms with Gasteiger partial charge in [-0.1, -0.05) is 6.42 Å². The molecule has 1 heterocycles. The van der Waals surface area contributed by atoms with Gasteiger partial charge >= 0.3 is 12.1 Å². The van der Waals surface area contributed by atoms with Gasteiger partial charge in [-0.2, -0.15) is 0 Å². The van der Waals surface area contributed by atoms with Crippen LogP contribution in [-0.4, -0.2) is 80.4 Å². The highest BCUT2D eigenvalue weighted by molar-refractivity contribution is 6.62. The van der Waals surface area contributed by atoms with Crippen LogP contribution in [0.5, 0.6) is 0 Å². The van der Waals surface area contributed by atoms with Gasteiger partial charge in [-0.05, 0) is 35.6 Å². The molecule has 3 atom stereocenters. The number of ether oxygens (including phenoxy) is 2. The number of Topliss-reactive ketones (excluding diaryl/α,β-unsaturated/α-hetero) is 1. The first-order chi connectivity index (χ1) is 11.1. The highest BCUT2D eigenvalue weighted by Gasteiger charge is 2.56. The minimum Gasteiger partial charge on any atom is -0.464 e. The van der Waals surface area contributed by atoms with Crippen molar-refractivity contribution in [1.29, 1.82) is 0 Å². The maximum Gasteiger partial charge on any atom is 0.410 e. The predicted octanol–water partition coefficient (Wildman–Crippen LogP) is -2.64. The summed E-state index contributed by atoms with van der Waals surface area (Å²) in [6, 6.07) is -0.688. The van der Waals surface area contributed by atoms with E-state index >= 15 is 0 Å². The number of amides is 1. The van der Waals surface area contributed by atoms with Crippen LogP contribution in [0.2, 0.25) is 10.4 Å². The number of rotatable bonds is 2. The lowest BCUT2D eigenvalue weighted by molar-refractivity contribution is -0.153. The van der Waals surface area contributed by atoms with Gasteiger partial charge in [-0.25, -0.2) is 9.59 Å². The fourth-order valence-electron chi connectivity index (χ4n) is 4.73. The molecule has 1 aliphatic heterocycles. The normalized spacial score (nSPS) is 31.0. The van der Waals surface area contributed by atoms with Crippen molar-refractivity contribution in [3.63, 3.8) is 0 Å². The average molecular weight is 331 g/mol. The molecule has 0 radical (unpaired) electrons. The van der Waals surface area contributed by atoms with Crippen LogP contribution in [0.15, 0.2) is 0 Å². The van der Waals surface area contributed by atoms with Crippen molar-refractivity contribution >= 4 is 49.2 Å². The third-order valence-corrected chi connectivity index (χ3v) is 5.72. The fourth-order valence-corrected chi connectivity index (χ4v) is 4.73. The molecule has 0 aromatic carbocycles.